The summed E-state index contributed by atoms with van der Waals surface area (Å²) in [4.78, 5) is 2.44. The van der Waals surface area contributed by atoms with Crippen molar-refractivity contribution >= 4 is 0 Å². The molecule has 0 aromatic carbocycles. The molecule has 0 radical (unpaired) electrons. The van der Waals surface area contributed by atoms with Gasteiger partial charge in [-0.1, -0.05) is 13.3 Å². The summed E-state index contributed by atoms with van der Waals surface area (Å²) in [6, 6.07) is 2.79. The van der Waals surface area contributed by atoms with E-state index in [0.29, 0.717) is 12.5 Å². The van der Waals surface area contributed by atoms with Crippen molar-refractivity contribution in [2.45, 2.75) is 51.5 Å². The van der Waals surface area contributed by atoms with Crippen LogP contribution in [0.25, 0.3) is 0 Å². The molecule has 0 saturated heterocycles. The quantitative estimate of drug-likeness (QED) is 0.712. The Kier molecular flexibility index (Phi) is 3.86. The second-order valence-corrected chi connectivity index (χ2v) is 5.80. The van der Waals surface area contributed by atoms with Gasteiger partial charge in [0.1, 0.15) is 0 Å². The maximum absolute atomic E-state index is 8.81. The monoisotopic (exact) mass is 220 g/mol. The van der Waals surface area contributed by atoms with Gasteiger partial charge in [0.05, 0.1) is 12.5 Å². The van der Waals surface area contributed by atoms with Crippen LogP contribution in [0, 0.1) is 29.1 Å². The lowest BCUT2D eigenvalue weighted by molar-refractivity contribution is 0.170. The van der Waals surface area contributed by atoms with Crippen molar-refractivity contribution in [1.82, 2.24) is 4.90 Å². The lowest BCUT2D eigenvalue weighted by atomic mass is 9.88. The zero-order valence-electron chi connectivity index (χ0n) is 10.7. The van der Waals surface area contributed by atoms with Gasteiger partial charge in [0.2, 0.25) is 0 Å². The maximum Gasteiger partial charge on any atom is 0.0638 e. The smallest absolute Gasteiger partial charge is 0.0638 e. The summed E-state index contributed by atoms with van der Waals surface area (Å²) in [7, 11) is 2.21. The molecule has 0 aromatic rings. The van der Waals surface area contributed by atoms with Crippen LogP contribution in [-0.4, -0.2) is 24.5 Å². The highest BCUT2D eigenvalue weighted by molar-refractivity contribution is 4.92. The molecule has 2 nitrogen and oxygen atoms in total. The third-order valence-corrected chi connectivity index (χ3v) is 4.83. The normalized spacial score (nSPS) is 34.2. The molecular formula is C14H24N2. The zero-order valence-corrected chi connectivity index (χ0v) is 10.7. The van der Waals surface area contributed by atoms with Crippen molar-refractivity contribution < 1.29 is 0 Å². The zero-order chi connectivity index (χ0) is 11.5. The van der Waals surface area contributed by atoms with E-state index >= 15 is 0 Å². The first-order valence-corrected chi connectivity index (χ1v) is 6.81. The van der Waals surface area contributed by atoms with Gasteiger partial charge >= 0.3 is 0 Å². The van der Waals surface area contributed by atoms with Crippen LogP contribution in [0.5, 0.6) is 0 Å². The second kappa shape index (κ2) is 5.19. The summed E-state index contributed by atoms with van der Waals surface area (Å²) in [5, 5.41) is 8.81. The van der Waals surface area contributed by atoms with E-state index in [1.165, 1.54) is 32.2 Å². The Labute approximate surface area is 99.6 Å². The molecule has 0 amide bonds. The minimum absolute atomic E-state index is 0.476. The third-order valence-electron chi connectivity index (χ3n) is 4.83. The Bertz CT molecular complexity index is 268. The average molecular weight is 220 g/mol. The van der Waals surface area contributed by atoms with E-state index in [2.05, 4.69) is 24.9 Å². The van der Waals surface area contributed by atoms with Crippen molar-refractivity contribution in [2.75, 3.05) is 13.6 Å². The molecule has 0 aromatic heterocycles. The molecule has 90 valence electrons. The van der Waals surface area contributed by atoms with E-state index in [4.69, 9.17) is 5.26 Å². The molecule has 4 unspecified atom stereocenters. The summed E-state index contributed by atoms with van der Waals surface area (Å²) < 4.78 is 0. The Morgan fingerprint density at radius 2 is 2.19 bits per heavy atom. The van der Waals surface area contributed by atoms with Crippen molar-refractivity contribution in [1.29, 1.82) is 5.26 Å². The number of nitrogens with zero attached hydrogens (tertiary/aromatic N) is 2. The molecule has 0 N–H and O–H groups in total. The standard InChI is InChI=1S/C14H24N2/c1-3-14(6-7-15)16(2)10-13-9-11-4-5-12(13)8-11/h11-14H,3-6,8-10H2,1-2H3. The van der Waals surface area contributed by atoms with Crippen molar-refractivity contribution in [3.05, 3.63) is 0 Å². The number of fused-ring (bicyclic) bond motifs is 2. The first-order valence-electron chi connectivity index (χ1n) is 6.81. The van der Waals surface area contributed by atoms with Gasteiger partial charge in [0.15, 0.2) is 0 Å². The molecule has 2 rings (SSSR count). The first kappa shape index (κ1) is 11.9. The van der Waals surface area contributed by atoms with E-state index < -0.39 is 0 Å². The predicted octanol–water partition coefficient (Wildman–Crippen LogP) is 3.05. The molecule has 2 bridgehead atoms. The second-order valence-electron chi connectivity index (χ2n) is 5.80. The van der Waals surface area contributed by atoms with Gasteiger partial charge in [0, 0.05) is 12.6 Å². The molecule has 2 aliphatic rings. The summed E-state index contributed by atoms with van der Waals surface area (Å²) in [5.41, 5.74) is 0. The van der Waals surface area contributed by atoms with Crippen molar-refractivity contribution in [2.24, 2.45) is 17.8 Å². The van der Waals surface area contributed by atoms with Crippen LogP contribution in [0.2, 0.25) is 0 Å². The van der Waals surface area contributed by atoms with Gasteiger partial charge in [-0.3, -0.25) is 0 Å². The van der Waals surface area contributed by atoms with Crippen LogP contribution in [0.1, 0.15) is 45.4 Å². The van der Waals surface area contributed by atoms with Crippen molar-refractivity contribution in [3.63, 3.8) is 0 Å². The molecule has 0 heterocycles. The van der Waals surface area contributed by atoms with E-state index in [1.807, 2.05) is 0 Å². The highest BCUT2D eigenvalue weighted by Crippen LogP contribution is 2.48. The number of rotatable bonds is 5. The fourth-order valence-corrected chi connectivity index (χ4v) is 3.84. The number of hydrogen-bond donors (Lipinski definition) is 0. The average Bonchev–Trinajstić information content (AvgIpc) is 2.87. The van der Waals surface area contributed by atoms with Gasteiger partial charge in [-0.25, -0.2) is 0 Å². The minimum atomic E-state index is 0.476. The molecule has 16 heavy (non-hydrogen) atoms. The van der Waals surface area contributed by atoms with Crippen LogP contribution in [0.3, 0.4) is 0 Å². The van der Waals surface area contributed by atoms with Crippen molar-refractivity contribution in [3.8, 4) is 6.07 Å². The van der Waals surface area contributed by atoms with Crippen LogP contribution in [0.4, 0.5) is 0 Å². The van der Waals surface area contributed by atoms with Gasteiger partial charge in [-0.2, -0.15) is 5.26 Å². The van der Waals surface area contributed by atoms with Crippen LogP contribution in [-0.2, 0) is 0 Å². The Morgan fingerprint density at radius 1 is 1.38 bits per heavy atom. The highest BCUT2D eigenvalue weighted by atomic mass is 15.1. The summed E-state index contributed by atoms with van der Waals surface area (Å²) in [6.45, 7) is 3.42. The molecule has 0 aliphatic heterocycles. The molecule has 2 saturated carbocycles. The third kappa shape index (κ3) is 2.40. The summed E-state index contributed by atoms with van der Waals surface area (Å²) in [6.07, 6.45) is 7.70. The Morgan fingerprint density at radius 3 is 2.69 bits per heavy atom. The molecule has 0 spiro atoms. The van der Waals surface area contributed by atoms with Crippen LogP contribution >= 0.6 is 0 Å². The maximum atomic E-state index is 8.81. The van der Waals surface area contributed by atoms with E-state index in [-0.39, 0.29) is 0 Å². The fraction of sp³-hybridized carbons (Fsp3) is 0.929. The lowest BCUT2D eigenvalue weighted by Crippen LogP contribution is -2.36. The fourth-order valence-electron chi connectivity index (χ4n) is 3.84. The number of hydrogen-bond acceptors (Lipinski definition) is 2. The minimum Gasteiger partial charge on any atom is -0.302 e. The molecule has 2 aliphatic carbocycles. The van der Waals surface area contributed by atoms with E-state index in [9.17, 15) is 0 Å². The van der Waals surface area contributed by atoms with Gasteiger partial charge < -0.3 is 4.90 Å². The first-order chi connectivity index (χ1) is 7.74. The van der Waals surface area contributed by atoms with Gasteiger partial charge in [-0.15, -0.1) is 0 Å². The highest BCUT2D eigenvalue weighted by Gasteiger charge is 2.39. The van der Waals surface area contributed by atoms with Gasteiger partial charge in [-0.05, 0) is 50.5 Å². The molecule has 2 fully saturated rings. The molecule has 2 heteroatoms. The largest absolute Gasteiger partial charge is 0.302 e. The predicted molar refractivity (Wildman–Crippen MR) is 65.9 cm³/mol. The van der Waals surface area contributed by atoms with Crippen LogP contribution < -0.4 is 0 Å². The SMILES string of the molecule is CCC(CC#N)N(C)CC1CC2CCC1C2. The van der Waals surface area contributed by atoms with Crippen LogP contribution in [0.15, 0.2) is 0 Å². The van der Waals surface area contributed by atoms with E-state index in [1.54, 1.807) is 0 Å². The van der Waals surface area contributed by atoms with Gasteiger partial charge in [0.25, 0.3) is 0 Å². The molecular weight excluding hydrogens is 196 g/mol. The summed E-state index contributed by atoms with van der Waals surface area (Å²) >= 11 is 0. The molecule has 4 atom stereocenters. The summed E-state index contributed by atoms with van der Waals surface area (Å²) in [5.74, 6) is 2.97. The topological polar surface area (TPSA) is 27.0 Å². The number of nitriles is 1. The Hall–Kier alpha value is -0.550. The van der Waals surface area contributed by atoms with E-state index in [0.717, 1.165) is 24.2 Å². The Balaban J connectivity index is 1.82. The lowest BCUT2D eigenvalue weighted by Gasteiger charge is -2.31.